The van der Waals surface area contributed by atoms with Gasteiger partial charge in [0.1, 0.15) is 5.82 Å². The van der Waals surface area contributed by atoms with Crippen LogP contribution in [-0.2, 0) is 11.3 Å². The SMILES string of the molecule is Nc1ncccc1CN1CCC(c2cccc(Cl)c2)C1.O=CO. The van der Waals surface area contributed by atoms with Crippen LogP contribution < -0.4 is 5.73 Å². The second-order valence-electron chi connectivity index (χ2n) is 5.43. The Morgan fingerprint density at radius 2 is 2.17 bits per heavy atom. The zero-order chi connectivity index (χ0) is 16.7. The first-order valence-electron chi connectivity index (χ1n) is 7.39. The number of nitrogen functional groups attached to an aromatic ring is 1. The fourth-order valence-corrected chi connectivity index (χ4v) is 3.03. The van der Waals surface area contributed by atoms with Crippen molar-refractivity contribution in [1.29, 1.82) is 0 Å². The number of likely N-dealkylation sites (tertiary alicyclic amines) is 1. The second kappa shape index (κ2) is 8.50. The largest absolute Gasteiger partial charge is 0.483 e. The van der Waals surface area contributed by atoms with Crippen LogP contribution in [0.1, 0.15) is 23.5 Å². The van der Waals surface area contributed by atoms with E-state index in [0.29, 0.717) is 11.7 Å². The van der Waals surface area contributed by atoms with Crippen molar-refractivity contribution in [3.8, 4) is 0 Å². The molecule has 1 saturated heterocycles. The standard InChI is InChI=1S/C16H18ClN3.CH2O2/c17-15-5-1-3-12(9-15)13-6-8-20(10-13)11-14-4-2-7-19-16(14)18;2-1-3/h1-5,7,9,13H,6,8,10-11H2,(H2,18,19);1H,(H,2,3). The van der Waals surface area contributed by atoms with E-state index in [1.807, 2.05) is 18.2 Å². The van der Waals surface area contributed by atoms with Crippen LogP contribution in [-0.4, -0.2) is 34.6 Å². The van der Waals surface area contributed by atoms with Crippen molar-refractivity contribution >= 4 is 23.9 Å². The van der Waals surface area contributed by atoms with Crippen molar-refractivity contribution in [2.45, 2.75) is 18.9 Å². The molecule has 3 N–H and O–H groups in total. The topological polar surface area (TPSA) is 79.5 Å². The van der Waals surface area contributed by atoms with E-state index >= 15 is 0 Å². The van der Waals surface area contributed by atoms with E-state index in [1.54, 1.807) is 6.20 Å². The molecule has 5 nitrogen and oxygen atoms in total. The zero-order valence-corrected chi connectivity index (χ0v) is 13.5. The number of hydrogen-bond acceptors (Lipinski definition) is 4. The third-order valence-corrected chi connectivity index (χ3v) is 4.15. The zero-order valence-electron chi connectivity index (χ0n) is 12.7. The van der Waals surface area contributed by atoms with Crippen molar-refractivity contribution < 1.29 is 9.90 Å². The molecule has 1 aromatic heterocycles. The summed E-state index contributed by atoms with van der Waals surface area (Å²) in [6, 6.07) is 12.2. The Morgan fingerprint density at radius 1 is 1.39 bits per heavy atom. The first-order valence-corrected chi connectivity index (χ1v) is 7.77. The third-order valence-electron chi connectivity index (χ3n) is 3.91. The van der Waals surface area contributed by atoms with Gasteiger partial charge in [-0.25, -0.2) is 4.98 Å². The number of hydrogen-bond donors (Lipinski definition) is 2. The Hall–Kier alpha value is -2.11. The fourth-order valence-electron chi connectivity index (χ4n) is 2.83. The van der Waals surface area contributed by atoms with Gasteiger partial charge in [-0.1, -0.05) is 29.8 Å². The smallest absolute Gasteiger partial charge is 0.290 e. The number of aromatic nitrogens is 1. The normalized spacial score (nSPS) is 17.3. The minimum atomic E-state index is -0.250. The quantitative estimate of drug-likeness (QED) is 0.844. The molecule has 0 aliphatic carbocycles. The Bertz CT molecular complexity index is 651. The van der Waals surface area contributed by atoms with Crippen LogP contribution in [0.3, 0.4) is 0 Å². The lowest BCUT2D eigenvalue weighted by atomic mass is 9.99. The van der Waals surface area contributed by atoms with Gasteiger partial charge in [0.05, 0.1) is 0 Å². The number of rotatable bonds is 3. The Balaban J connectivity index is 0.000000595. The lowest BCUT2D eigenvalue weighted by molar-refractivity contribution is -0.122. The lowest BCUT2D eigenvalue weighted by Crippen LogP contribution is -2.20. The summed E-state index contributed by atoms with van der Waals surface area (Å²) in [5, 5.41) is 7.71. The number of halogens is 1. The molecule has 1 aliphatic heterocycles. The molecule has 0 amide bonds. The van der Waals surface area contributed by atoms with E-state index in [2.05, 4.69) is 28.1 Å². The van der Waals surface area contributed by atoms with E-state index in [-0.39, 0.29) is 6.47 Å². The van der Waals surface area contributed by atoms with Gasteiger partial charge in [-0.15, -0.1) is 0 Å². The van der Waals surface area contributed by atoms with Crippen LogP contribution in [0.2, 0.25) is 5.02 Å². The highest BCUT2D eigenvalue weighted by atomic mass is 35.5. The summed E-state index contributed by atoms with van der Waals surface area (Å²) in [5.74, 6) is 1.20. The molecule has 2 heterocycles. The number of carboxylic acid groups (broad SMARTS) is 1. The monoisotopic (exact) mass is 333 g/mol. The van der Waals surface area contributed by atoms with E-state index < -0.39 is 0 Å². The lowest BCUT2D eigenvalue weighted by Gasteiger charge is -2.17. The van der Waals surface area contributed by atoms with Gasteiger partial charge in [-0.3, -0.25) is 9.69 Å². The van der Waals surface area contributed by atoms with Gasteiger partial charge in [0.2, 0.25) is 0 Å². The maximum Gasteiger partial charge on any atom is 0.290 e. The Morgan fingerprint density at radius 3 is 2.87 bits per heavy atom. The molecule has 1 fully saturated rings. The van der Waals surface area contributed by atoms with Crippen molar-refractivity contribution in [1.82, 2.24) is 9.88 Å². The summed E-state index contributed by atoms with van der Waals surface area (Å²) in [5.41, 5.74) is 8.35. The summed E-state index contributed by atoms with van der Waals surface area (Å²) < 4.78 is 0. The van der Waals surface area contributed by atoms with Crippen molar-refractivity contribution in [3.05, 3.63) is 58.7 Å². The number of nitrogens with zero attached hydrogens (tertiary/aromatic N) is 2. The van der Waals surface area contributed by atoms with Crippen LogP contribution in [0.5, 0.6) is 0 Å². The molecule has 1 atom stereocenters. The molecule has 0 spiro atoms. The highest BCUT2D eigenvalue weighted by molar-refractivity contribution is 6.30. The average molecular weight is 334 g/mol. The number of carbonyl (C=O) groups is 1. The molecule has 122 valence electrons. The van der Waals surface area contributed by atoms with E-state index in [1.165, 1.54) is 12.0 Å². The van der Waals surface area contributed by atoms with Crippen LogP contribution in [0.4, 0.5) is 5.82 Å². The van der Waals surface area contributed by atoms with Crippen molar-refractivity contribution in [3.63, 3.8) is 0 Å². The maximum atomic E-state index is 8.36. The Kier molecular flexibility index (Phi) is 6.38. The molecule has 23 heavy (non-hydrogen) atoms. The van der Waals surface area contributed by atoms with Crippen molar-refractivity contribution in [2.75, 3.05) is 18.8 Å². The van der Waals surface area contributed by atoms with Gasteiger partial charge in [0, 0.05) is 29.9 Å². The summed E-state index contributed by atoms with van der Waals surface area (Å²) in [6.45, 7) is 2.76. The van der Waals surface area contributed by atoms with Crippen molar-refractivity contribution in [2.24, 2.45) is 0 Å². The van der Waals surface area contributed by atoms with Crippen LogP contribution in [0, 0.1) is 0 Å². The van der Waals surface area contributed by atoms with Gasteiger partial charge < -0.3 is 10.8 Å². The Labute approximate surface area is 140 Å². The average Bonchev–Trinajstić information content (AvgIpc) is 2.99. The maximum absolute atomic E-state index is 8.36. The first-order chi connectivity index (χ1) is 11.1. The van der Waals surface area contributed by atoms with Crippen LogP contribution in [0.15, 0.2) is 42.6 Å². The molecule has 0 radical (unpaired) electrons. The predicted octanol–water partition coefficient (Wildman–Crippen LogP) is 3.01. The molecule has 6 heteroatoms. The van der Waals surface area contributed by atoms with Gasteiger partial charge in [-0.2, -0.15) is 0 Å². The van der Waals surface area contributed by atoms with Gasteiger partial charge in [-0.05, 0) is 42.6 Å². The fraction of sp³-hybridized carbons (Fsp3) is 0.294. The minimum absolute atomic E-state index is 0.250. The highest BCUT2D eigenvalue weighted by Crippen LogP contribution is 2.29. The number of pyridine rings is 1. The molecular weight excluding hydrogens is 314 g/mol. The molecule has 2 aromatic rings. The molecule has 0 bridgehead atoms. The summed E-state index contributed by atoms with van der Waals surface area (Å²) in [7, 11) is 0. The minimum Gasteiger partial charge on any atom is -0.483 e. The first kappa shape index (κ1) is 17.2. The number of nitrogens with two attached hydrogens (primary N) is 1. The van der Waals surface area contributed by atoms with E-state index in [4.69, 9.17) is 27.2 Å². The van der Waals surface area contributed by atoms with Crippen LogP contribution in [0.25, 0.3) is 0 Å². The molecule has 0 saturated carbocycles. The summed E-state index contributed by atoms with van der Waals surface area (Å²) in [6.07, 6.45) is 2.90. The van der Waals surface area contributed by atoms with E-state index in [0.717, 1.165) is 30.2 Å². The van der Waals surface area contributed by atoms with Gasteiger partial charge in [0.15, 0.2) is 0 Å². The number of anilines is 1. The molecule has 1 aromatic carbocycles. The van der Waals surface area contributed by atoms with Crippen LogP contribution >= 0.6 is 11.6 Å². The second-order valence-corrected chi connectivity index (χ2v) is 5.87. The molecular formula is C17H20ClN3O2. The predicted molar refractivity (Wildman–Crippen MR) is 91.4 cm³/mol. The highest BCUT2D eigenvalue weighted by Gasteiger charge is 2.24. The summed E-state index contributed by atoms with van der Waals surface area (Å²) in [4.78, 5) is 14.9. The molecule has 3 rings (SSSR count). The third kappa shape index (κ3) is 4.94. The van der Waals surface area contributed by atoms with Gasteiger partial charge >= 0.3 is 0 Å². The number of benzene rings is 1. The summed E-state index contributed by atoms with van der Waals surface area (Å²) >= 11 is 6.07. The molecule has 1 aliphatic rings. The van der Waals surface area contributed by atoms with Gasteiger partial charge in [0.25, 0.3) is 6.47 Å². The molecule has 1 unspecified atom stereocenters. The van der Waals surface area contributed by atoms with E-state index in [9.17, 15) is 0 Å².